The van der Waals surface area contributed by atoms with Crippen molar-refractivity contribution in [3.05, 3.63) is 35.9 Å². The summed E-state index contributed by atoms with van der Waals surface area (Å²) < 4.78 is 5.36. The van der Waals surface area contributed by atoms with Crippen LogP contribution in [-0.4, -0.2) is 43.5 Å². The molecule has 0 saturated carbocycles. The van der Waals surface area contributed by atoms with Crippen LogP contribution in [0.4, 0.5) is 0 Å². The summed E-state index contributed by atoms with van der Waals surface area (Å²) in [7, 11) is 0. The predicted molar refractivity (Wildman–Crippen MR) is 62.6 cm³/mol. The second kappa shape index (κ2) is 5.77. The molecule has 1 heterocycles. The van der Waals surface area contributed by atoms with Gasteiger partial charge in [-0.3, -0.25) is 9.69 Å². The van der Waals surface area contributed by atoms with Gasteiger partial charge in [0.1, 0.15) is 0 Å². The summed E-state index contributed by atoms with van der Waals surface area (Å²) in [6.07, 6.45) is 1.02. The first-order chi connectivity index (χ1) is 7.86. The van der Waals surface area contributed by atoms with Gasteiger partial charge in [0, 0.05) is 25.3 Å². The van der Waals surface area contributed by atoms with Crippen LogP contribution in [0.15, 0.2) is 30.3 Å². The van der Waals surface area contributed by atoms with Gasteiger partial charge < -0.3 is 4.74 Å². The van der Waals surface area contributed by atoms with Gasteiger partial charge in [0.2, 0.25) is 0 Å². The lowest BCUT2D eigenvalue weighted by Gasteiger charge is -2.17. The van der Waals surface area contributed by atoms with E-state index >= 15 is 0 Å². The molecule has 1 aliphatic rings. The van der Waals surface area contributed by atoms with Crippen molar-refractivity contribution >= 4 is 5.78 Å². The molecular weight excluding hydrogens is 202 g/mol. The SMILES string of the molecule is O=C(CN1CCCOCC1)c1ccccc1. The number of nitrogens with zero attached hydrogens (tertiary/aromatic N) is 1. The van der Waals surface area contributed by atoms with Crippen molar-refractivity contribution in [3.8, 4) is 0 Å². The molecule has 3 nitrogen and oxygen atoms in total. The summed E-state index contributed by atoms with van der Waals surface area (Å²) in [4.78, 5) is 14.1. The highest BCUT2D eigenvalue weighted by Crippen LogP contribution is 2.04. The van der Waals surface area contributed by atoms with Gasteiger partial charge in [-0.1, -0.05) is 30.3 Å². The van der Waals surface area contributed by atoms with Crippen LogP contribution < -0.4 is 0 Å². The van der Waals surface area contributed by atoms with Crippen LogP contribution in [0.5, 0.6) is 0 Å². The number of ether oxygens (including phenoxy) is 1. The summed E-state index contributed by atoms with van der Waals surface area (Å²) in [5, 5.41) is 0. The van der Waals surface area contributed by atoms with E-state index in [1.54, 1.807) is 0 Å². The fourth-order valence-corrected chi connectivity index (χ4v) is 1.87. The normalized spacial score (nSPS) is 18.0. The van der Waals surface area contributed by atoms with Crippen molar-refractivity contribution < 1.29 is 9.53 Å². The maximum atomic E-state index is 11.9. The number of rotatable bonds is 3. The van der Waals surface area contributed by atoms with E-state index in [-0.39, 0.29) is 5.78 Å². The Labute approximate surface area is 96.0 Å². The number of hydrogen-bond donors (Lipinski definition) is 0. The highest BCUT2D eigenvalue weighted by molar-refractivity contribution is 5.97. The van der Waals surface area contributed by atoms with E-state index in [2.05, 4.69) is 4.90 Å². The number of carbonyl (C=O) groups excluding carboxylic acids is 1. The number of hydrogen-bond acceptors (Lipinski definition) is 3. The molecule has 2 rings (SSSR count). The first kappa shape index (κ1) is 11.3. The second-order valence-corrected chi connectivity index (χ2v) is 4.03. The van der Waals surface area contributed by atoms with Crippen LogP contribution in [-0.2, 0) is 4.74 Å². The standard InChI is InChI=1S/C13H17NO2/c15-13(12-5-2-1-3-6-12)11-14-7-4-9-16-10-8-14/h1-3,5-6H,4,7-11H2. The van der Waals surface area contributed by atoms with Gasteiger partial charge in [-0.15, -0.1) is 0 Å². The van der Waals surface area contributed by atoms with Crippen LogP contribution in [0, 0.1) is 0 Å². The van der Waals surface area contributed by atoms with E-state index in [1.165, 1.54) is 0 Å². The zero-order chi connectivity index (χ0) is 11.2. The first-order valence-corrected chi connectivity index (χ1v) is 5.74. The fraction of sp³-hybridized carbons (Fsp3) is 0.462. The van der Waals surface area contributed by atoms with E-state index in [4.69, 9.17) is 4.74 Å². The van der Waals surface area contributed by atoms with Gasteiger partial charge in [0.25, 0.3) is 0 Å². The molecule has 0 amide bonds. The maximum absolute atomic E-state index is 11.9. The smallest absolute Gasteiger partial charge is 0.176 e. The van der Waals surface area contributed by atoms with Crippen molar-refractivity contribution in [3.63, 3.8) is 0 Å². The third kappa shape index (κ3) is 3.15. The van der Waals surface area contributed by atoms with Crippen LogP contribution in [0.1, 0.15) is 16.8 Å². The molecule has 0 atom stereocenters. The van der Waals surface area contributed by atoms with Crippen molar-refractivity contribution in [2.75, 3.05) is 32.8 Å². The lowest BCUT2D eigenvalue weighted by molar-refractivity contribution is 0.0922. The molecule has 0 unspecified atom stereocenters. The molecule has 1 aromatic carbocycles. The molecule has 1 saturated heterocycles. The van der Waals surface area contributed by atoms with Crippen LogP contribution >= 0.6 is 0 Å². The summed E-state index contributed by atoms with van der Waals surface area (Å²) in [5.74, 6) is 0.197. The summed E-state index contributed by atoms with van der Waals surface area (Å²) in [6.45, 7) is 3.88. The average molecular weight is 219 g/mol. The van der Waals surface area contributed by atoms with Gasteiger partial charge in [-0.2, -0.15) is 0 Å². The highest BCUT2D eigenvalue weighted by Gasteiger charge is 2.13. The third-order valence-corrected chi connectivity index (χ3v) is 2.78. The molecule has 16 heavy (non-hydrogen) atoms. The highest BCUT2D eigenvalue weighted by atomic mass is 16.5. The van der Waals surface area contributed by atoms with Crippen LogP contribution in [0.2, 0.25) is 0 Å². The largest absolute Gasteiger partial charge is 0.380 e. The molecule has 1 aliphatic heterocycles. The van der Waals surface area contributed by atoms with Gasteiger partial charge in [0.05, 0.1) is 13.2 Å². The molecule has 1 fully saturated rings. The fourth-order valence-electron chi connectivity index (χ4n) is 1.87. The Morgan fingerprint density at radius 2 is 2.00 bits per heavy atom. The Morgan fingerprint density at radius 1 is 1.19 bits per heavy atom. The minimum absolute atomic E-state index is 0.197. The van der Waals surface area contributed by atoms with E-state index in [0.717, 1.165) is 38.3 Å². The van der Waals surface area contributed by atoms with E-state index < -0.39 is 0 Å². The molecule has 0 N–H and O–H groups in total. The number of ketones is 1. The Kier molecular flexibility index (Phi) is 4.08. The molecule has 0 aromatic heterocycles. The van der Waals surface area contributed by atoms with Gasteiger partial charge in [0.15, 0.2) is 5.78 Å². The Hall–Kier alpha value is -1.19. The molecule has 0 radical (unpaired) electrons. The number of carbonyl (C=O) groups is 1. The quantitative estimate of drug-likeness (QED) is 0.723. The first-order valence-electron chi connectivity index (χ1n) is 5.74. The molecule has 0 spiro atoms. The van der Waals surface area contributed by atoms with Crippen molar-refractivity contribution in [2.45, 2.75) is 6.42 Å². The molecule has 0 aliphatic carbocycles. The molecular formula is C13H17NO2. The average Bonchev–Trinajstić information content (AvgIpc) is 2.59. The monoisotopic (exact) mass is 219 g/mol. The van der Waals surface area contributed by atoms with Gasteiger partial charge >= 0.3 is 0 Å². The minimum atomic E-state index is 0.197. The van der Waals surface area contributed by atoms with E-state index in [0.29, 0.717) is 6.54 Å². The summed E-state index contributed by atoms with van der Waals surface area (Å²) in [6, 6.07) is 9.47. The zero-order valence-electron chi connectivity index (χ0n) is 9.39. The Balaban J connectivity index is 1.91. The van der Waals surface area contributed by atoms with Crippen molar-refractivity contribution in [1.82, 2.24) is 4.90 Å². The number of benzene rings is 1. The Bertz CT molecular complexity index is 329. The lowest BCUT2D eigenvalue weighted by Crippen LogP contribution is -2.32. The Morgan fingerprint density at radius 3 is 2.81 bits per heavy atom. The molecule has 1 aromatic rings. The molecule has 3 heteroatoms. The maximum Gasteiger partial charge on any atom is 0.176 e. The summed E-state index contributed by atoms with van der Waals surface area (Å²) in [5.41, 5.74) is 0.799. The van der Waals surface area contributed by atoms with Gasteiger partial charge in [-0.25, -0.2) is 0 Å². The van der Waals surface area contributed by atoms with E-state index in [1.807, 2.05) is 30.3 Å². The minimum Gasteiger partial charge on any atom is -0.380 e. The number of Topliss-reactive ketones (excluding diaryl/α,β-unsaturated/α-hetero) is 1. The second-order valence-electron chi connectivity index (χ2n) is 4.03. The predicted octanol–water partition coefficient (Wildman–Crippen LogP) is 1.59. The lowest BCUT2D eigenvalue weighted by atomic mass is 10.1. The molecule has 0 bridgehead atoms. The van der Waals surface area contributed by atoms with Crippen molar-refractivity contribution in [2.24, 2.45) is 0 Å². The van der Waals surface area contributed by atoms with Crippen molar-refractivity contribution in [1.29, 1.82) is 0 Å². The summed E-state index contributed by atoms with van der Waals surface area (Å²) >= 11 is 0. The van der Waals surface area contributed by atoms with Crippen LogP contribution in [0.3, 0.4) is 0 Å². The topological polar surface area (TPSA) is 29.5 Å². The van der Waals surface area contributed by atoms with Gasteiger partial charge in [-0.05, 0) is 6.42 Å². The third-order valence-electron chi connectivity index (χ3n) is 2.78. The molecule has 86 valence electrons. The van der Waals surface area contributed by atoms with Crippen LogP contribution in [0.25, 0.3) is 0 Å². The van der Waals surface area contributed by atoms with E-state index in [9.17, 15) is 4.79 Å². The zero-order valence-corrected chi connectivity index (χ0v) is 9.39.